The van der Waals surface area contributed by atoms with Crippen LogP contribution in [0.15, 0.2) is 61.2 Å². The van der Waals surface area contributed by atoms with Crippen LogP contribution in [0.5, 0.6) is 0 Å². The van der Waals surface area contributed by atoms with Gasteiger partial charge < -0.3 is 21.3 Å². The molecule has 2 aromatic carbocycles. The van der Waals surface area contributed by atoms with Gasteiger partial charge in [-0.2, -0.15) is 4.31 Å². The highest BCUT2D eigenvalue weighted by molar-refractivity contribution is 7.89. The fourth-order valence-electron chi connectivity index (χ4n) is 5.86. The number of benzene rings is 2. The van der Waals surface area contributed by atoms with Crippen molar-refractivity contribution in [3.63, 3.8) is 0 Å². The lowest BCUT2D eigenvalue weighted by Crippen LogP contribution is -2.52. The molecule has 1 aliphatic heterocycles. The van der Waals surface area contributed by atoms with Gasteiger partial charge in [0.2, 0.25) is 10.0 Å². The lowest BCUT2D eigenvalue weighted by molar-refractivity contribution is 0.184. The van der Waals surface area contributed by atoms with Crippen molar-refractivity contribution in [3.8, 4) is 0 Å². The number of sulfonamides is 1. The lowest BCUT2D eigenvalue weighted by atomic mass is 9.85. The van der Waals surface area contributed by atoms with Gasteiger partial charge in [0.25, 0.3) is 0 Å². The Balaban J connectivity index is 1.30. The van der Waals surface area contributed by atoms with Gasteiger partial charge in [-0.25, -0.2) is 13.2 Å². The van der Waals surface area contributed by atoms with Crippen LogP contribution < -0.4 is 16.4 Å². The Bertz CT molecular complexity index is 1220. The molecule has 0 spiro atoms. The summed E-state index contributed by atoms with van der Waals surface area (Å²) in [6, 6.07) is 15.3. The van der Waals surface area contributed by atoms with E-state index < -0.39 is 15.3 Å². The van der Waals surface area contributed by atoms with Gasteiger partial charge in [-0.05, 0) is 42.0 Å². The lowest BCUT2D eigenvalue weighted by Gasteiger charge is -2.35. The van der Waals surface area contributed by atoms with Crippen molar-refractivity contribution in [3.05, 3.63) is 77.9 Å². The van der Waals surface area contributed by atoms with E-state index in [2.05, 4.69) is 24.1 Å². The molecule has 2 unspecified atom stereocenters. The van der Waals surface area contributed by atoms with Gasteiger partial charge >= 0.3 is 6.03 Å². The molecule has 40 heavy (non-hydrogen) atoms. The minimum absolute atomic E-state index is 0.211. The number of carbonyl (C=O) groups excluding carboxylic acids is 1. The quantitative estimate of drug-likeness (QED) is 0.331. The number of nitrogens with zero attached hydrogens (tertiary/aromatic N) is 2. The third-order valence-corrected chi connectivity index (χ3v) is 10.5. The third-order valence-electron chi connectivity index (χ3n) is 8.28. The second-order valence-electron chi connectivity index (χ2n) is 11.1. The summed E-state index contributed by atoms with van der Waals surface area (Å²) in [6.07, 6.45) is 9.40. The van der Waals surface area contributed by atoms with Crippen molar-refractivity contribution in [1.82, 2.24) is 14.5 Å². The molecule has 4 rings (SSSR count). The van der Waals surface area contributed by atoms with Crippen molar-refractivity contribution < 1.29 is 13.2 Å². The first kappa shape index (κ1) is 30.2. The van der Waals surface area contributed by atoms with E-state index in [1.807, 2.05) is 36.4 Å². The summed E-state index contributed by atoms with van der Waals surface area (Å²) in [5.41, 5.74) is 9.10. The number of nitrogens with two attached hydrogens (primary N) is 1. The van der Waals surface area contributed by atoms with Crippen molar-refractivity contribution in [2.24, 2.45) is 11.7 Å². The largest absolute Gasteiger partial charge is 0.326 e. The van der Waals surface area contributed by atoms with Crippen molar-refractivity contribution in [2.75, 3.05) is 31.5 Å². The van der Waals surface area contributed by atoms with Gasteiger partial charge in [-0.1, -0.05) is 80.6 Å². The maximum Gasteiger partial charge on any atom is 0.321 e. The zero-order chi connectivity index (χ0) is 28.5. The number of piperazine rings is 1. The van der Waals surface area contributed by atoms with E-state index in [1.54, 1.807) is 17.0 Å². The summed E-state index contributed by atoms with van der Waals surface area (Å²) in [7, 11) is -3.67. The second-order valence-corrected chi connectivity index (χ2v) is 13.2. The average molecular weight is 568 g/mol. The topological polar surface area (TPSA) is 108 Å². The molecular weight excluding hydrogens is 522 g/mol. The minimum atomic E-state index is -3.67. The van der Waals surface area contributed by atoms with Crippen molar-refractivity contribution in [1.29, 1.82) is 0 Å². The standard InChI is InChI=1S/C31H45N5O3S/c1-3-30(27-15-13-26(22-32)14-16-27)40(38,39)36-19-17-35(18-20-36)31(37)34-29-12-8-7-11-28(29)23-33-24(2)21-25-9-5-4-6-10-25/h3,7-8,11-16,24-25,30,33H,1,4-6,9-10,17-23,32H2,2H3,(H,34,37). The zero-order valence-corrected chi connectivity index (χ0v) is 24.5. The summed E-state index contributed by atoms with van der Waals surface area (Å²) >= 11 is 0. The van der Waals surface area contributed by atoms with E-state index in [0.29, 0.717) is 37.8 Å². The van der Waals surface area contributed by atoms with Crippen LogP contribution in [0.3, 0.4) is 0 Å². The van der Waals surface area contributed by atoms with Gasteiger partial charge in [0, 0.05) is 51.0 Å². The van der Waals surface area contributed by atoms with E-state index in [0.717, 1.165) is 22.7 Å². The van der Waals surface area contributed by atoms with Crippen molar-refractivity contribution >= 4 is 21.7 Å². The predicted molar refractivity (Wildman–Crippen MR) is 162 cm³/mol. The maximum atomic E-state index is 13.4. The number of para-hydroxylation sites is 1. The normalized spacial score (nSPS) is 18.7. The monoisotopic (exact) mass is 567 g/mol. The number of nitrogens with one attached hydrogen (secondary N) is 2. The maximum absolute atomic E-state index is 13.4. The first-order valence-electron chi connectivity index (χ1n) is 14.6. The fraction of sp³-hybridized carbons (Fsp3) is 0.516. The van der Waals surface area contributed by atoms with E-state index in [-0.39, 0.29) is 19.1 Å². The summed E-state index contributed by atoms with van der Waals surface area (Å²) in [5, 5.41) is 5.86. The number of carbonyl (C=O) groups is 1. The second kappa shape index (κ2) is 14.3. The van der Waals surface area contributed by atoms with Crippen LogP contribution in [0.4, 0.5) is 10.5 Å². The Morgan fingerprint density at radius 3 is 2.38 bits per heavy atom. The van der Waals surface area contributed by atoms with Crippen molar-refractivity contribution in [2.45, 2.75) is 69.8 Å². The number of hydrogen-bond acceptors (Lipinski definition) is 5. The molecule has 9 heteroatoms. The van der Waals surface area contributed by atoms with E-state index in [4.69, 9.17) is 5.73 Å². The number of rotatable bonds is 11. The molecular formula is C31H45N5O3S. The van der Waals surface area contributed by atoms with Crippen LogP contribution >= 0.6 is 0 Å². The van der Waals surface area contributed by atoms with Crippen LogP contribution in [0.2, 0.25) is 0 Å². The van der Waals surface area contributed by atoms with Crippen LogP contribution in [0.25, 0.3) is 0 Å². The molecule has 1 saturated heterocycles. The average Bonchev–Trinajstić information content (AvgIpc) is 2.98. The van der Waals surface area contributed by atoms with E-state index in [1.165, 1.54) is 48.9 Å². The molecule has 1 saturated carbocycles. The Labute approximate surface area is 240 Å². The Kier molecular flexibility index (Phi) is 10.8. The molecule has 1 heterocycles. The first-order valence-corrected chi connectivity index (χ1v) is 16.1. The molecule has 2 fully saturated rings. The molecule has 2 atom stereocenters. The summed E-state index contributed by atoms with van der Waals surface area (Å²) in [6.45, 7) is 8.23. The number of urea groups is 1. The molecule has 218 valence electrons. The highest BCUT2D eigenvalue weighted by Gasteiger charge is 2.34. The summed E-state index contributed by atoms with van der Waals surface area (Å²) < 4.78 is 28.3. The van der Waals surface area contributed by atoms with E-state index >= 15 is 0 Å². The first-order chi connectivity index (χ1) is 19.3. The molecule has 2 aliphatic rings. The third kappa shape index (κ3) is 7.72. The molecule has 4 N–H and O–H groups in total. The van der Waals surface area contributed by atoms with Crippen LogP contribution in [-0.4, -0.2) is 55.9 Å². The van der Waals surface area contributed by atoms with Crippen LogP contribution in [0, 0.1) is 5.92 Å². The van der Waals surface area contributed by atoms with Gasteiger partial charge in [0.1, 0.15) is 5.25 Å². The van der Waals surface area contributed by atoms with Gasteiger partial charge in [-0.3, -0.25) is 0 Å². The van der Waals surface area contributed by atoms with Crippen LogP contribution in [-0.2, 0) is 23.1 Å². The Morgan fingerprint density at radius 1 is 1.05 bits per heavy atom. The smallest absolute Gasteiger partial charge is 0.321 e. The molecule has 0 radical (unpaired) electrons. The summed E-state index contributed by atoms with van der Waals surface area (Å²) in [5.74, 6) is 0.812. The predicted octanol–water partition coefficient (Wildman–Crippen LogP) is 5.00. The molecule has 2 aromatic rings. The van der Waals surface area contributed by atoms with Crippen LogP contribution in [0.1, 0.15) is 67.4 Å². The molecule has 2 amide bonds. The van der Waals surface area contributed by atoms with E-state index in [9.17, 15) is 13.2 Å². The highest BCUT2D eigenvalue weighted by atomic mass is 32.2. The minimum Gasteiger partial charge on any atom is -0.326 e. The molecule has 0 aromatic heterocycles. The Morgan fingerprint density at radius 2 is 1.73 bits per heavy atom. The number of hydrogen-bond donors (Lipinski definition) is 3. The number of amides is 2. The fourth-order valence-corrected chi connectivity index (χ4v) is 7.60. The molecule has 0 bridgehead atoms. The highest BCUT2D eigenvalue weighted by Crippen LogP contribution is 2.29. The number of anilines is 1. The Hall–Kier alpha value is -2.72. The molecule has 1 aliphatic carbocycles. The molecule has 8 nitrogen and oxygen atoms in total. The van der Waals surface area contributed by atoms with Gasteiger partial charge in [-0.15, -0.1) is 6.58 Å². The van der Waals surface area contributed by atoms with Gasteiger partial charge in [0.05, 0.1) is 0 Å². The zero-order valence-electron chi connectivity index (χ0n) is 23.7. The SMILES string of the molecule is C=CC(c1ccc(CN)cc1)S(=O)(=O)N1CCN(C(=O)Nc2ccccc2CNC(C)CC2CCCCC2)CC1. The van der Waals surface area contributed by atoms with Gasteiger partial charge in [0.15, 0.2) is 0 Å². The summed E-state index contributed by atoms with van der Waals surface area (Å²) in [4.78, 5) is 14.8.